The van der Waals surface area contributed by atoms with Crippen LogP contribution in [0.4, 0.5) is 0 Å². The highest BCUT2D eigenvalue weighted by Crippen LogP contribution is 2.24. The Balaban J connectivity index is 1.61. The van der Waals surface area contributed by atoms with Gasteiger partial charge in [0.15, 0.2) is 0 Å². The molecule has 0 saturated carbocycles. The second kappa shape index (κ2) is 12.1. The number of carbonyl (C=O) groups is 1. The van der Waals surface area contributed by atoms with Gasteiger partial charge in [0.2, 0.25) is 5.91 Å². The van der Waals surface area contributed by atoms with Crippen molar-refractivity contribution in [2.45, 2.75) is 38.9 Å². The Morgan fingerprint density at radius 2 is 1.84 bits per heavy atom. The van der Waals surface area contributed by atoms with Crippen molar-refractivity contribution in [2.75, 3.05) is 39.8 Å². The fourth-order valence-corrected chi connectivity index (χ4v) is 3.92. The third-order valence-corrected chi connectivity index (χ3v) is 5.97. The van der Waals surface area contributed by atoms with Crippen molar-refractivity contribution in [3.63, 3.8) is 0 Å². The zero-order valence-electron chi connectivity index (χ0n) is 18.6. The number of hydrogen-bond donors (Lipinski definition) is 0. The Labute approximate surface area is 190 Å². The normalized spacial score (nSPS) is 15.6. The Bertz CT molecular complexity index is 820. The van der Waals surface area contributed by atoms with E-state index in [-0.39, 0.29) is 12.0 Å². The van der Waals surface area contributed by atoms with Crippen LogP contribution in [0, 0.1) is 0 Å². The van der Waals surface area contributed by atoms with Crippen molar-refractivity contribution >= 4 is 17.5 Å². The van der Waals surface area contributed by atoms with Gasteiger partial charge in [0.1, 0.15) is 5.75 Å². The van der Waals surface area contributed by atoms with Gasteiger partial charge in [0.25, 0.3) is 0 Å². The first kappa shape index (κ1) is 23.6. The van der Waals surface area contributed by atoms with Gasteiger partial charge in [-0.15, -0.1) is 0 Å². The topological polar surface area (TPSA) is 42.0 Å². The second-order valence-corrected chi connectivity index (χ2v) is 8.42. The number of carbonyl (C=O) groups excluding carboxylic acids is 1. The fraction of sp³-hybridized carbons (Fsp3) is 0.480. The van der Waals surface area contributed by atoms with Gasteiger partial charge in [-0.1, -0.05) is 49.2 Å². The van der Waals surface area contributed by atoms with Crippen LogP contribution in [0.3, 0.4) is 0 Å². The molecule has 0 aliphatic carbocycles. The summed E-state index contributed by atoms with van der Waals surface area (Å²) < 4.78 is 11.7. The average Bonchev–Trinajstić information content (AvgIpc) is 2.81. The smallest absolute Gasteiger partial charge is 0.222 e. The van der Waals surface area contributed by atoms with E-state index >= 15 is 0 Å². The van der Waals surface area contributed by atoms with Crippen molar-refractivity contribution in [3.05, 3.63) is 64.7 Å². The minimum Gasteiger partial charge on any atom is -0.497 e. The number of unbranched alkanes of at least 4 members (excludes halogenated alkanes) is 1. The SMILES string of the molecule is CCCCC(=O)N1CCN(CC(OCc2cccc(OC)c2)c2ccc(Cl)cc2)CC1. The number of amides is 1. The first-order valence-electron chi connectivity index (χ1n) is 11.1. The van der Waals surface area contributed by atoms with E-state index in [0.29, 0.717) is 13.0 Å². The molecule has 1 atom stereocenters. The lowest BCUT2D eigenvalue weighted by Crippen LogP contribution is -2.49. The number of rotatable bonds is 10. The van der Waals surface area contributed by atoms with Gasteiger partial charge in [0.05, 0.1) is 19.8 Å². The molecule has 6 heteroatoms. The standard InChI is InChI=1S/C25H33ClN2O3/c1-3-4-8-25(29)28-15-13-27(14-16-28)18-24(21-9-11-22(26)12-10-21)31-19-20-6-5-7-23(17-20)30-2/h5-7,9-12,17,24H,3-4,8,13-16,18-19H2,1-2H3. The van der Waals surface area contributed by atoms with Crippen molar-refractivity contribution in [3.8, 4) is 5.75 Å². The summed E-state index contributed by atoms with van der Waals surface area (Å²) in [5.41, 5.74) is 2.18. The van der Waals surface area contributed by atoms with E-state index in [1.807, 2.05) is 53.4 Å². The van der Waals surface area contributed by atoms with Crippen LogP contribution in [0.5, 0.6) is 5.75 Å². The molecule has 1 amide bonds. The van der Waals surface area contributed by atoms with Gasteiger partial charge >= 0.3 is 0 Å². The number of benzene rings is 2. The quantitative estimate of drug-likeness (QED) is 0.520. The van der Waals surface area contributed by atoms with E-state index in [2.05, 4.69) is 11.8 Å². The molecule has 31 heavy (non-hydrogen) atoms. The molecule has 1 saturated heterocycles. The lowest BCUT2D eigenvalue weighted by atomic mass is 10.1. The third-order valence-electron chi connectivity index (χ3n) is 5.72. The zero-order chi connectivity index (χ0) is 22.1. The molecule has 0 radical (unpaired) electrons. The van der Waals surface area contributed by atoms with Crippen molar-refractivity contribution in [2.24, 2.45) is 0 Å². The van der Waals surface area contributed by atoms with Gasteiger partial charge in [-0.25, -0.2) is 0 Å². The summed E-state index contributed by atoms with van der Waals surface area (Å²) in [6.45, 7) is 6.70. The maximum Gasteiger partial charge on any atom is 0.222 e. The maximum absolute atomic E-state index is 12.3. The highest BCUT2D eigenvalue weighted by molar-refractivity contribution is 6.30. The molecule has 0 N–H and O–H groups in total. The summed E-state index contributed by atoms with van der Waals surface area (Å²) >= 11 is 6.09. The highest BCUT2D eigenvalue weighted by Gasteiger charge is 2.24. The molecule has 5 nitrogen and oxygen atoms in total. The second-order valence-electron chi connectivity index (χ2n) is 7.99. The molecule has 2 aromatic rings. The van der Waals surface area contributed by atoms with Gasteiger partial charge in [-0.2, -0.15) is 0 Å². The number of halogens is 1. The molecule has 168 valence electrons. The number of piperazine rings is 1. The largest absolute Gasteiger partial charge is 0.497 e. The molecule has 2 aromatic carbocycles. The predicted molar refractivity (Wildman–Crippen MR) is 125 cm³/mol. The molecule has 3 rings (SSSR count). The number of hydrogen-bond acceptors (Lipinski definition) is 4. The minimum atomic E-state index is -0.0780. The van der Waals surface area contributed by atoms with Gasteiger partial charge < -0.3 is 14.4 Å². The minimum absolute atomic E-state index is 0.0780. The summed E-state index contributed by atoms with van der Waals surface area (Å²) in [4.78, 5) is 16.7. The van der Waals surface area contributed by atoms with Crippen LogP contribution in [0.2, 0.25) is 5.02 Å². The Kier molecular flexibility index (Phi) is 9.19. The molecule has 1 unspecified atom stereocenters. The summed E-state index contributed by atoms with van der Waals surface area (Å²) in [5, 5.41) is 0.717. The molecule has 1 heterocycles. The van der Waals surface area contributed by atoms with E-state index in [1.165, 1.54) is 0 Å². The van der Waals surface area contributed by atoms with Crippen LogP contribution in [-0.2, 0) is 16.1 Å². The molecule has 0 bridgehead atoms. The Morgan fingerprint density at radius 3 is 2.52 bits per heavy atom. The van der Waals surface area contributed by atoms with Crippen LogP contribution in [-0.4, -0.2) is 55.5 Å². The number of ether oxygens (including phenoxy) is 2. The average molecular weight is 445 g/mol. The monoisotopic (exact) mass is 444 g/mol. The summed E-state index contributed by atoms with van der Waals surface area (Å²) in [6.07, 6.45) is 2.61. The number of nitrogens with zero attached hydrogens (tertiary/aromatic N) is 2. The highest BCUT2D eigenvalue weighted by atomic mass is 35.5. The van der Waals surface area contributed by atoms with Crippen LogP contribution < -0.4 is 4.74 Å². The van der Waals surface area contributed by atoms with Crippen LogP contribution in [0.25, 0.3) is 0 Å². The first-order chi connectivity index (χ1) is 15.1. The van der Waals surface area contributed by atoms with Crippen molar-refractivity contribution in [1.82, 2.24) is 9.80 Å². The summed E-state index contributed by atoms with van der Waals surface area (Å²) in [6, 6.07) is 15.8. The van der Waals surface area contributed by atoms with E-state index in [4.69, 9.17) is 21.1 Å². The van der Waals surface area contributed by atoms with Crippen molar-refractivity contribution in [1.29, 1.82) is 0 Å². The molecule has 1 fully saturated rings. The molecular formula is C25H33ClN2O3. The fourth-order valence-electron chi connectivity index (χ4n) is 3.79. The van der Waals surface area contributed by atoms with E-state index in [0.717, 1.165) is 67.5 Å². The van der Waals surface area contributed by atoms with Crippen molar-refractivity contribution < 1.29 is 14.3 Å². The summed E-state index contributed by atoms with van der Waals surface area (Å²) in [5.74, 6) is 1.11. The van der Waals surface area contributed by atoms with Gasteiger partial charge in [-0.05, 0) is 41.8 Å². The van der Waals surface area contributed by atoms with E-state index < -0.39 is 0 Å². The van der Waals surface area contributed by atoms with Gasteiger partial charge in [0, 0.05) is 44.2 Å². The maximum atomic E-state index is 12.3. The summed E-state index contributed by atoms with van der Waals surface area (Å²) in [7, 11) is 1.67. The molecule has 0 spiro atoms. The van der Waals surface area contributed by atoms with Crippen LogP contribution in [0.15, 0.2) is 48.5 Å². The van der Waals surface area contributed by atoms with Crippen LogP contribution in [0.1, 0.15) is 43.4 Å². The first-order valence-corrected chi connectivity index (χ1v) is 11.5. The molecule has 1 aliphatic rings. The molecule has 1 aliphatic heterocycles. The predicted octanol–water partition coefficient (Wildman–Crippen LogP) is 4.94. The van der Waals surface area contributed by atoms with E-state index in [1.54, 1.807) is 7.11 Å². The van der Waals surface area contributed by atoms with Crippen LogP contribution >= 0.6 is 11.6 Å². The molecular weight excluding hydrogens is 412 g/mol. The van der Waals surface area contributed by atoms with E-state index in [9.17, 15) is 4.79 Å². The Morgan fingerprint density at radius 1 is 1.10 bits per heavy atom. The molecule has 0 aromatic heterocycles. The zero-order valence-corrected chi connectivity index (χ0v) is 19.3. The Hall–Kier alpha value is -2.08. The lowest BCUT2D eigenvalue weighted by molar-refractivity contribution is -0.133. The number of methoxy groups -OCH3 is 1. The third kappa shape index (κ3) is 7.23. The lowest BCUT2D eigenvalue weighted by Gasteiger charge is -2.36. The van der Waals surface area contributed by atoms with Gasteiger partial charge in [-0.3, -0.25) is 9.69 Å².